The summed E-state index contributed by atoms with van der Waals surface area (Å²) >= 11 is 0. The molecule has 152 valence electrons. The van der Waals surface area contributed by atoms with Crippen molar-refractivity contribution in [3.8, 4) is 5.75 Å². The average molecular weight is 386 g/mol. The van der Waals surface area contributed by atoms with Gasteiger partial charge in [0.25, 0.3) is 0 Å². The van der Waals surface area contributed by atoms with Crippen LogP contribution in [0.15, 0.2) is 18.2 Å². The van der Waals surface area contributed by atoms with Crippen LogP contribution in [-0.4, -0.2) is 60.6 Å². The molecule has 0 radical (unpaired) electrons. The van der Waals surface area contributed by atoms with E-state index in [1.165, 1.54) is 6.42 Å². The topological polar surface area (TPSA) is 53.1 Å². The molecule has 0 unspecified atom stereocenters. The summed E-state index contributed by atoms with van der Waals surface area (Å²) in [4.78, 5) is 31.8. The molecule has 2 fully saturated rings. The lowest BCUT2D eigenvalue weighted by atomic mass is 9.94. The number of anilines is 1. The molecule has 6 nitrogen and oxygen atoms in total. The van der Waals surface area contributed by atoms with Crippen molar-refractivity contribution >= 4 is 17.6 Å². The SMILES string of the molecule is Cc1ccc2c(c1)N(C(=O)N1CCC(C(=O)N3CCCCC3)CC1)C[C@@H](C)O2. The number of piperidine rings is 2. The van der Waals surface area contributed by atoms with Crippen LogP contribution in [0.2, 0.25) is 0 Å². The number of rotatable bonds is 1. The first kappa shape index (κ1) is 19.1. The highest BCUT2D eigenvalue weighted by Crippen LogP contribution is 2.35. The second-order valence-corrected chi connectivity index (χ2v) is 8.44. The third kappa shape index (κ3) is 3.82. The summed E-state index contributed by atoms with van der Waals surface area (Å²) < 4.78 is 5.91. The van der Waals surface area contributed by atoms with Gasteiger partial charge in [-0.2, -0.15) is 0 Å². The lowest BCUT2D eigenvalue weighted by Crippen LogP contribution is -2.52. The van der Waals surface area contributed by atoms with Crippen LogP contribution in [0, 0.1) is 12.8 Å². The number of amides is 3. The van der Waals surface area contributed by atoms with E-state index in [2.05, 4.69) is 0 Å². The second-order valence-electron chi connectivity index (χ2n) is 8.44. The molecule has 1 atom stereocenters. The Morgan fingerprint density at radius 3 is 2.43 bits per heavy atom. The van der Waals surface area contributed by atoms with E-state index in [0.29, 0.717) is 25.5 Å². The Morgan fingerprint density at radius 2 is 1.71 bits per heavy atom. The summed E-state index contributed by atoms with van der Waals surface area (Å²) in [6.45, 7) is 7.68. The number of benzene rings is 1. The zero-order valence-corrected chi connectivity index (χ0v) is 17.0. The van der Waals surface area contributed by atoms with Crippen LogP contribution in [0.25, 0.3) is 0 Å². The molecule has 0 aliphatic carbocycles. The van der Waals surface area contributed by atoms with E-state index in [-0.39, 0.29) is 18.1 Å². The molecule has 3 aliphatic rings. The van der Waals surface area contributed by atoms with Crippen molar-refractivity contribution in [1.29, 1.82) is 0 Å². The number of likely N-dealkylation sites (tertiary alicyclic amines) is 2. The lowest BCUT2D eigenvalue weighted by Gasteiger charge is -2.40. The minimum absolute atomic E-state index is 0.0302. The van der Waals surface area contributed by atoms with Crippen LogP contribution in [0.1, 0.15) is 44.6 Å². The monoisotopic (exact) mass is 385 g/mol. The van der Waals surface area contributed by atoms with E-state index in [9.17, 15) is 9.59 Å². The fourth-order valence-corrected chi connectivity index (χ4v) is 4.59. The summed E-state index contributed by atoms with van der Waals surface area (Å²) in [7, 11) is 0. The number of ether oxygens (including phenoxy) is 1. The molecule has 0 N–H and O–H groups in total. The Kier molecular flexibility index (Phi) is 5.47. The van der Waals surface area contributed by atoms with Gasteiger partial charge in [-0.25, -0.2) is 4.79 Å². The fraction of sp³-hybridized carbons (Fsp3) is 0.636. The third-order valence-corrected chi connectivity index (χ3v) is 6.19. The summed E-state index contributed by atoms with van der Waals surface area (Å²) in [5.74, 6) is 1.14. The largest absolute Gasteiger partial charge is 0.487 e. The van der Waals surface area contributed by atoms with Crippen LogP contribution in [0.4, 0.5) is 10.5 Å². The van der Waals surface area contributed by atoms with Crippen molar-refractivity contribution in [3.05, 3.63) is 23.8 Å². The minimum Gasteiger partial charge on any atom is -0.487 e. The van der Waals surface area contributed by atoms with Crippen molar-refractivity contribution in [3.63, 3.8) is 0 Å². The van der Waals surface area contributed by atoms with Crippen molar-refractivity contribution in [2.24, 2.45) is 5.92 Å². The summed E-state index contributed by atoms with van der Waals surface area (Å²) in [5, 5.41) is 0. The Labute approximate surface area is 167 Å². The molecule has 4 rings (SSSR count). The number of aryl methyl sites for hydroxylation is 1. The summed E-state index contributed by atoms with van der Waals surface area (Å²) in [6.07, 6.45) is 4.98. The molecule has 3 aliphatic heterocycles. The van der Waals surface area contributed by atoms with E-state index in [4.69, 9.17) is 4.74 Å². The van der Waals surface area contributed by atoms with Crippen molar-refractivity contribution in [2.75, 3.05) is 37.6 Å². The normalized spacial score (nSPS) is 23.2. The maximum Gasteiger partial charge on any atom is 0.324 e. The van der Waals surface area contributed by atoms with Crippen LogP contribution >= 0.6 is 0 Å². The van der Waals surface area contributed by atoms with Crippen LogP contribution in [-0.2, 0) is 4.79 Å². The quantitative estimate of drug-likeness (QED) is 0.744. The Hall–Kier alpha value is -2.24. The molecule has 2 saturated heterocycles. The van der Waals surface area contributed by atoms with Gasteiger partial charge in [0.1, 0.15) is 11.9 Å². The number of urea groups is 1. The lowest BCUT2D eigenvalue weighted by molar-refractivity contribution is -0.137. The Morgan fingerprint density at radius 1 is 1.00 bits per heavy atom. The zero-order valence-electron chi connectivity index (χ0n) is 17.0. The van der Waals surface area contributed by atoms with E-state index in [0.717, 1.165) is 55.8 Å². The number of hydrogen-bond acceptors (Lipinski definition) is 3. The standard InChI is InChI=1S/C22H31N3O3/c1-16-6-7-20-19(14-16)25(15-17(2)28-20)22(27)24-12-8-18(9-13-24)21(26)23-10-4-3-5-11-23/h6-7,14,17-18H,3-5,8-13,15H2,1-2H3/t17-/m1/s1. The van der Waals surface area contributed by atoms with E-state index < -0.39 is 0 Å². The molecular weight excluding hydrogens is 354 g/mol. The van der Waals surface area contributed by atoms with Gasteiger partial charge in [-0.15, -0.1) is 0 Å². The first-order chi connectivity index (χ1) is 13.5. The molecule has 3 amide bonds. The minimum atomic E-state index is -0.0302. The van der Waals surface area contributed by atoms with E-state index in [1.54, 1.807) is 0 Å². The number of hydrogen-bond donors (Lipinski definition) is 0. The van der Waals surface area contributed by atoms with Crippen LogP contribution in [0.3, 0.4) is 0 Å². The molecule has 28 heavy (non-hydrogen) atoms. The van der Waals surface area contributed by atoms with Crippen LogP contribution < -0.4 is 9.64 Å². The van der Waals surface area contributed by atoms with Gasteiger partial charge in [0.05, 0.1) is 12.2 Å². The summed E-state index contributed by atoms with van der Waals surface area (Å²) in [6, 6.07) is 6.01. The highest BCUT2D eigenvalue weighted by molar-refractivity contribution is 5.94. The molecule has 3 heterocycles. The Bertz CT molecular complexity index is 737. The average Bonchev–Trinajstić information content (AvgIpc) is 2.73. The number of carbonyl (C=O) groups is 2. The molecule has 0 aromatic heterocycles. The number of nitrogens with zero attached hydrogens (tertiary/aromatic N) is 3. The molecule has 0 saturated carbocycles. The molecule has 1 aromatic carbocycles. The van der Waals surface area contributed by atoms with Gasteiger partial charge in [-0.05, 0) is 63.6 Å². The van der Waals surface area contributed by atoms with Gasteiger partial charge in [-0.1, -0.05) is 6.07 Å². The van der Waals surface area contributed by atoms with Crippen molar-refractivity contribution in [1.82, 2.24) is 9.80 Å². The van der Waals surface area contributed by atoms with E-state index >= 15 is 0 Å². The third-order valence-electron chi connectivity index (χ3n) is 6.19. The van der Waals surface area contributed by atoms with Gasteiger partial charge in [0.15, 0.2) is 0 Å². The maximum atomic E-state index is 13.3. The fourth-order valence-electron chi connectivity index (χ4n) is 4.59. The van der Waals surface area contributed by atoms with Crippen molar-refractivity contribution in [2.45, 2.75) is 52.1 Å². The molecular formula is C22H31N3O3. The molecule has 1 aromatic rings. The van der Waals surface area contributed by atoms with Gasteiger partial charge < -0.3 is 14.5 Å². The zero-order chi connectivity index (χ0) is 19.7. The second kappa shape index (κ2) is 8.02. The number of fused-ring (bicyclic) bond motifs is 1. The van der Waals surface area contributed by atoms with Crippen molar-refractivity contribution < 1.29 is 14.3 Å². The molecule has 0 bridgehead atoms. The van der Waals surface area contributed by atoms with E-state index in [1.807, 2.05) is 46.7 Å². The van der Waals surface area contributed by atoms with Crippen LogP contribution in [0.5, 0.6) is 5.75 Å². The molecule has 0 spiro atoms. The first-order valence-corrected chi connectivity index (χ1v) is 10.7. The summed E-state index contributed by atoms with van der Waals surface area (Å²) in [5.41, 5.74) is 1.97. The smallest absolute Gasteiger partial charge is 0.324 e. The predicted octanol–water partition coefficient (Wildman–Crippen LogP) is 3.43. The first-order valence-electron chi connectivity index (χ1n) is 10.7. The predicted molar refractivity (Wildman–Crippen MR) is 109 cm³/mol. The van der Waals surface area contributed by atoms with Gasteiger partial charge in [0, 0.05) is 32.1 Å². The molecule has 6 heteroatoms. The van der Waals surface area contributed by atoms with Gasteiger partial charge in [0.2, 0.25) is 5.91 Å². The maximum absolute atomic E-state index is 13.3. The highest BCUT2D eigenvalue weighted by atomic mass is 16.5. The van der Waals surface area contributed by atoms with Gasteiger partial charge in [-0.3, -0.25) is 9.69 Å². The highest BCUT2D eigenvalue weighted by Gasteiger charge is 2.35. The Balaban J connectivity index is 1.40. The van der Waals surface area contributed by atoms with Gasteiger partial charge >= 0.3 is 6.03 Å². The number of carbonyl (C=O) groups excluding carboxylic acids is 2.